The summed E-state index contributed by atoms with van der Waals surface area (Å²) in [6.45, 7) is 0. The fourth-order valence-corrected chi connectivity index (χ4v) is 1.39. The van der Waals surface area contributed by atoms with Crippen LogP contribution in [0.1, 0.15) is 16.2 Å². The molecular weight excluding hydrogens is 244 g/mol. The van der Waals surface area contributed by atoms with Crippen LogP contribution in [0, 0.1) is 0 Å². The van der Waals surface area contributed by atoms with Gasteiger partial charge in [0.1, 0.15) is 6.33 Å². The van der Waals surface area contributed by atoms with E-state index in [4.69, 9.17) is 0 Å². The number of hydrazone groups is 1. The molecule has 2 rings (SSSR count). The standard InChI is InChI=1S/C12H14N6O/c1-18(2)10-5-3-9(4-6-10)7-14-17-12(19)11-13-8-15-16-11/h3-8H,1-2H3,(H,17,19)(H,13,15,16)/b14-7-. The molecule has 1 aromatic heterocycles. The van der Waals surface area contributed by atoms with Crippen LogP contribution in [-0.2, 0) is 0 Å². The van der Waals surface area contributed by atoms with E-state index >= 15 is 0 Å². The van der Waals surface area contributed by atoms with Gasteiger partial charge < -0.3 is 4.90 Å². The highest BCUT2D eigenvalue weighted by Crippen LogP contribution is 2.10. The van der Waals surface area contributed by atoms with Gasteiger partial charge in [-0.05, 0) is 17.7 Å². The van der Waals surface area contributed by atoms with E-state index in [1.54, 1.807) is 6.21 Å². The van der Waals surface area contributed by atoms with Gasteiger partial charge in [0.2, 0.25) is 5.82 Å². The zero-order valence-corrected chi connectivity index (χ0v) is 10.7. The lowest BCUT2D eigenvalue weighted by atomic mass is 10.2. The Morgan fingerprint density at radius 2 is 2.11 bits per heavy atom. The minimum atomic E-state index is -0.432. The monoisotopic (exact) mass is 258 g/mol. The number of hydrogen-bond acceptors (Lipinski definition) is 5. The summed E-state index contributed by atoms with van der Waals surface area (Å²) in [6, 6.07) is 7.78. The van der Waals surface area contributed by atoms with Crippen molar-refractivity contribution < 1.29 is 4.79 Å². The number of rotatable bonds is 4. The van der Waals surface area contributed by atoms with Crippen LogP contribution in [0.5, 0.6) is 0 Å². The first-order valence-electron chi connectivity index (χ1n) is 5.63. The van der Waals surface area contributed by atoms with E-state index in [9.17, 15) is 4.79 Å². The first-order chi connectivity index (χ1) is 9.16. The number of benzene rings is 1. The van der Waals surface area contributed by atoms with Gasteiger partial charge in [-0.3, -0.25) is 9.89 Å². The van der Waals surface area contributed by atoms with Gasteiger partial charge in [-0.15, -0.1) is 0 Å². The lowest BCUT2D eigenvalue weighted by molar-refractivity contribution is 0.0945. The van der Waals surface area contributed by atoms with E-state index in [1.807, 2.05) is 43.3 Å². The number of anilines is 1. The van der Waals surface area contributed by atoms with Gasteiger partial charge in [-0.25, -0.2) is 10.4 Å². The highest BCUT2D eigenvalue weighted by atomic mass is 16.2. The summed E-state index contributed by atoms with van der Waals surface area (Å²) in [7, 11) is 3.95. The van der Waals surface area contributed by atoms with E-state index in [1.165, 1.54) is 6.33 Å². The van der Waals surface area contributed by atoms with Crippen LogP contribution < -0.4 is 10.3 Å². The lowest BCUT2D eigenvalue weighted by Gasteiger charge is -2.11. The minimum Gasteiger partial charge on any atom is -0.378 e. The van der Waals surface area contributed by atoms with E-state index < -0.39 is 5.91 Å². The normalized spacial score (nSPS) is 10.6. The average Bonchev–Trinajstić information content (AvgIpc) is 2.93. The van der Waals surface area contributed by atoms with Crippen LogP contribution in [0.25, 0.3) is 0 Å². The summed E-state index contributed by atoms with van der Waals surface area (Å²) < 4.78 is 0. The molecule has 0 saturated heterocycles. The SMILES string of the molecule is CN(C)c1ccc(/C=N\NC(=O)c2ncn[nH]2)cc1. The molecule has 0 radical (unpaired) electrons. The maximum Gasteiger partial charge on any atom is 0.308 e. The van der Waals surface area contributed by atoms with Crippen LogP contribution in [0.2, 0.25) is 0 Å². The summed E-state index contributed by atoms with van der Waals surface area (Å²) >= 11 is 0. The number of H-pyrrole nitrogens is 1. The van der Waals surface area contributed by atoms with Crippen LogP contribution in [0.15, 0.2) is 35.7 Å². The van der Waals surface area contributed by atoms with Gasteiger partial charge >= 0.3 is 5.91 Å². The molecule has 0 aliphatic carbocycles. The van der Waals surface area contributed by atoms with Gasteiger partial charge in [0, 0.05) is 19.8 Å². The second-order valence-corrected chi connectivity index (χ2v) is 4.02. The Labute approximate surface area is 110 Å². The summed E-state index contributed by atoms with van der Waals surface area (Å²) in [4.78, 5) is 17.2. The molecule has 0 bridgehead atoms. The molecule has 0 atom stereocenters. The Hall–Kier alpha value is -2.70. The molecule has 2 N–H and O–H groups in total. The van der Waals surface area contributed by atoms with Gasteiger partial charge in [-0.1, -0.05) is 12.1 Å². The molecule has 1 amide bonds. The van der Waals surface area contributed by atoms with Gasteiger partial charge in [0.15, 0.2) is 0 Å². The lowest BCUT2D eigenvalue weighted by Crippen LogP contribution is -2.19. The van der Waals surface area contributed by atoms with Crippen molar-refractivity contribution in [1.29, 1.82) is 0 Å². The van der Waals surface area contributed by atoms with Crippen molar-refractivity contribution in [3.63, 3.8) is 0 Å². The second-order valence-electron chi connectivity index (χ2n) is 4.02. The molecule has 0 fully saturated rings. The van der Waals surface area contributed by atoms with Crippen LogP contribution in [0.3, 0.4) is 0 Å². The molecule has 1 heterocycles. The molecule has 0 aliphatic rings. The first kappa shape index (κ1) is 12.7. The molecular formula is C12H14N6O. The average molecular weight is 258 g/mol. The van der Waals surface area contributed by atoms with Crippen molar-refractivity contribution in [3.05, 3.63) is 42.0 Å². The Bertz CT molecular complexity index is 558. The van der Waals surface area contributed by atoms with Crippen molar-refractivity contribution >= 4 is 17.8 Å². The van der Waals surface area contributed by atoms with Gasteiger partial charge in [0.25, 0.3) is 0 Å². The maximum absolute atomic E-state index is 11.5. The molecule has 1 aromatic carbocycles. The number of carbonyl (C=O) groups excluding carboxylic acids is 1. The molecule has 7 nitrogen and oxygen atoms in total. The zero-order chi connectivity index (χ0) is 13.7. The molecule has 0 spiro atoms. The van der Waals surface area contributed by atoms with E-state index in [0.29, 0.717) is 0 Å². The number of aromatic nitrogens is 3. The fraction of sp³-hybridized carbons (Fsp3) is 0.167. The largest absolute Gasteiger partial charge is 0.378 e. The molecule has 0 aliphatic heterocycles. The zero-order valence-electron chi connectivity index (χ0n) is 10.7. The topological polar surface area (TPSA) is 86.3 Å². The third-order valence-corrected chi connectivity index (χ3v) is 2.42. The molecule has 98 valence electrons. The predicted molar refractivity (Wildman–Crippen MR) is 72.2 cm³/mol. The maximum atomic E-state index is 11.5. The second kappa shape index (κ2) is 5.76. The van der Waals surface area contributed by atoms with Crippen LogP contribution in [-0.4, -0.2) is 41.4 Å². The van der Waals surface area contributed by atoms with E-state index in [2.05, 4.69) is 25.7 Å². The fourth-order valence-electron chi connectivity index (χ4n) is 1.39. The first-order valence-corrected chi connectivity index (χ1v) is 5.63. The van der Waals surface area contributed by atoms with Crippen molar-refractivity contribution in [3.8, 4) is 0 Å². The number of nitrogens with one attached hydrogen (secondary N) is 2. The summed E-state index contributed by atoms with van der Waals surface area (Å²) in [5.41, 5.74) is 4.35. The number of nitrogens with zero attached hydrogens (tertiary/aromatic N) is 4. The predicted octanol–water partition coefficient (Wildman–Crippen LogP) is 0.635. The van der Waals surface area contributed by atoms with Crippen molar-refractivity contribution in [1.82, 2.24) is 20.6 Å². The minimum absolute atomic E-state index is 0.125. The molecule has 7 heteroatoms. The Morgan fingerprint density at radius 3 is 2.68 bits per heavy atom. The van der Waals surface area contributed by atoms with Crippen molar-refractivity contribution in [2.45, 2.75) is 0 Å². The smallest absolute Gasteiger partial charge is 0.308 e. The Balaban J connectivity index is 1.94. The van der Waals surface area contributed by atoms with Crippen LogP contribution >= 0.6 is 0 Å². The quantitative estimate of drug-likeness (QED) is 0.622. The van der Waals surface area contributed by atoms with E-state index in [-0.39, 0.29) is 5.82 Å². The number of amides is 1. The molecule has 19 heavy (non-hydrogen) atoms. The molecule has 0 unspecified atom stereocenters. The number of hydrogen-bond donors (Lipinski definition) is 2. The van der Waals surface area contributed by atoms with Gasteiger partial charge in [-0.2, -0.15) is 10.2 Å². The summed E-state index contributed by atoms with van der Waals surface area (Å²) in [5.74, 6) is -0.307. The number of aromatic amines is 1. The number of carbonyl (C=O) groups is 1. The van der Waals surface area contributed by atoms with Crippen molar-refractivity contribution in [2.24, 2.45) is 5.10 Å². The summed E-state index contributed by atoms with van der Waals surface area (Å²) in [5, 5.41) is 9.88. The summed E-state index contributed by atoms with van der Waals surface area (Å²) in [6.07, 6.45) is 2.83. The van der Waals surface area contributed by atoms with E-state index in [0.717, 1.165) is 11.3 Å². The third kappa shape index (κ3) is 3.38. The Kier molecular flexibility index (Phi) is 3.87. The highest BCUT2D eigenvalue weighted by Gasteiger charge is 2.05. The highest BCUT2D eigenvalue weighted by molar-refractivity contribution is 5.91. The third-order valence-electron chi connectivity index (χ3n) is 2.42. The van der Waals surface area contributed by atoms with Gasteiger partial charge in [0.05, 0.1) is 6.21 Å². The molecule has 2 aromatic rings. The molecule has 0 saturated carbocycles. The Morgan fingerprint density at radius 1 is 1.37 bits per heavy atom. The van der Waals surface area contributed by atoms with Crippen molar-refractivity contribution in [2.75, 3.05) is 19.0 Å². The van der Waals surface area contributed by atoms with Crippen LogP contribution in [0.4, 0.5) is 5.69 Å².